The summed E-state index contributed by atoms with van der Waals surface area (Å²) in [6.07, 6.45) is 0.586. The molecule has 184 valence electrons. The lowest BCUT2D eigenvalue weighted by Gasteiger charge is -2.32. The van der Waals surface area contributed by atoms with E-state index in [2.05, 4.69) is 4.98 Å². The van der Waals surface area contributed by atoms with Gasteiger partial charge in [-0.3, -0.25) is 14.9 Å². The van der Waals surface area contributed by atoms with Gasteiger partial charge in [0.15, 0.2) is 0 Å². The van der Waals surface area contributed by atoms with Crippen LogP contribution in [0.2, 0.25) is 0 Å². The highest BCUT2D eigenvalue weighted by Crippen LogP contribution is 2.27. The first-order valence-corrected chi connectivity index (χ1v) is 12.2. The number of anilines is 1. The highest BCUT2D eigenvalue weighted by atomic mass is 32.2. The zero-order chi connectivity index (χ0) is 25.8. The number of ether oxygens (including phenoxy) is 1. The molecule has 0 unspecified atom stereocenters. The number of non-ortho nitro benzene ring substituents is 1. The summed E-state index contributed by atoms with van der Waals surface area (Å²) >= 11 is 0. The number of nitrogens with zero attached hydrogens (tertiary/aromatic N) is 4. The second kappa shape index (κ2) is 10.5. The van der Waals surface area contributed by atoms with Crippen LogP contribution in [-0.4, -0.2) is 49.9 Å². The Morgan fingerprint density at radius 3 is 2.60 bits per heavy atom. The minimum atomic E-state index is -4.28. The van der Waals surface area contributed by atoms with Crippen LogP contribution < -0.4 is 9.62 Å². The maximum absolute atomic E-state index is 12.6. The summed E-state index contributed by atoms with van der Waals surface area (Å²) in [5, 5.41) is 20.5. The average molecular weight is 502 g/mol. The molecule has 1 N–H and O–H groups in total. The van der Waals surface area contributed by atoms with E-state index in [1.165, 1.54) is 18.2 Å². The van der Waals surface area contributed by atoms with Gasteiger partial charge in [0.2, 0.25) is 5.91 Å². The molecule has 1 aliphatic rings. The molecule has 0 spiro atoms. The van der Waals surface area contributed by atoms with Crippen molar-refractivity contribution in [3.05, 3.63) is 57.3 Å². The van der Waals surface area contributed by atoms with Crippen LogP contribution in [0.5, 0.6) is 0 Å². The number of nitrogens with one attached hydrogen (secondary N) is 1. The Bertz CT molecular complexity index is 1310. The number of nitro groups is 1. The summed E-state index contributed by atoms with van der Waals surface area (Å²) in [5.41, 5.74) is 0.390. The molecule has 3 rings (SSSR count). The Balaban J connectivity index is 1.70. The third-order valence-corrected chi connectivity index (χ3v) is 6.89. The Morgan fingerprint density at radius 1 is 1.31 bits per heavy atom. The molecule has 12 nitrogen and oxygen atoms in total. The van der Waals surface area contributed by atoms with Crippen LogP contribution in [-0.2, 0) is 19.6 Å². The van der Waals surface area contributed by atoms with Gasteiger partial charge in [-0.2, -0.15) is 5.26 Å². The molecule has 1 aromatic carbocycles. The van der Waals surface area contributed by atoms with Crippen molar-refractivity contribution in [2.24, 2.45) is 5.92 Å². The first kappa shape index (κ1) is 25.6. The molecule has 0 radical (unpaired) electrons. The number of nitro benzene ring substituents is 1. The molecule has 2 aromatic rings. The summed E-state index contributed by atoms with van der Waals surface area (Å²) in [5.74, 6) is -1.52. The fraction of sp³-hybridized carbons (Fsp3) is 0.364. The molecular formula is C22H23N5O7S. The number of sulfonamides is 1. The van der Waals surface area contributed by atoms with Gasteiger partial charge in [-0.05, 0) is 38.8 Å². The molecule has 2 heterocycles. The van der Waals surface area contributed by atoms with Crippen molar-refractivity contribution >= 4 is 33.4 Å². The van der Waals surface area contributed by atoms with Crippen LogP contribution in [0, 0.1) is 34.3 Å². The van der Waals surface area contributed by atoms with Crippen molar-refractivity contribution in [2.45, 2.75) is 31.6 Å². The van der Waals surface area contributed by atoms with Crippen molar-refractivity contribution < 1.29 is 27.7 Å². The monoisotopic (exact) mass is 501 g/mol. The van der Waals surface area contributed by atoms with Gasteiger partial charge < -0.3 is 9.64 Å². The molecule has 0 bridgehead atoms. The lowest BCUT2D eigenvalue weighted by Crippen LogP contribution is -2.42. The van der Waals surface area contributed by atoms with Gasteiger partial charge in [-0.15, -0.1) is 0 Å². The molecule has 0 aliphatic carbocycles. The standard InChI is InChI=1S/C22H23N5O7S/c1-3-34-22(29)19-11-16(13-23)20(24-14(19)2)26-9-7-15(8-10-26)21(28)25-35(32,33)18-6-4-5-17(12-18)27(30)31/h4-6,11-12,15H,3,7-10H2,1-2H3,(H,25,28). The number of esters is 1. The zero-order valence-corrected chi connectivity index (χ0v) is 19.9. The number of pyridine rings is 1. The summed E-state index contributed by atoms with van der Waals surface area (Å²) in [4.78, 5) is 40.8. The Labute approximate surface area is 201 Å². The Hall–Kier alpha value is -4.05. The molecule has 0 atom stereocenters. The summed E-state index contributed by atoms with van der Waals surface area (Å²) in [6, 6.07) is 7.90. The quantitative estimate of drug-likeness (QED) is 0.336. The molecule has 35 heavy (non-hydrogen) atoms. The van der Waals surface area contributed by atoms with Gasteiger partial charge in [-0.25, -0.2) is 22.9 Å². The predicted molar refractivity (Wildman–Crippen MR) is 123 cm³/mol. The number of carbonyl (C=O) groups excluding carboxylic acids is 2. The number of rotatable bonds is 7. The second-order valence-corrected chi connectivity index (χ2v) is 9.49. The minimum absolute atomic E-state index is 0.189. The topological polar surface area (TPSA) is 173 Å². The van der Waals surface area contributed by atoms with Gasteiger partial charge in [0.05, 0.1) is 33.2 Å². The highest BCUT2D eigenvalue weighted by molar-refractivity contribution is 7.90. The Morgan fingerprint density at radius 2 is 2.00 bits per heavy atom. The summed E-state index contributed by atoms with van der Waals surface area (Å²) in [7, 11) is -4.28. The lowest BCUT2D eigenvalue weighted by molar-refractivity contribution is -0.385. The van der Waals surface area contributed by atoms with E-state index in [9.17, 15) is 33.4 Å². The van der Waals surface area contributed by atoms with Crippen molar-refractivity contribution in [1.82, 2.24) is 9.71 Å². The number of nitriles is 1. The van der Waals surface area contributed by atoms with Crippen LogP contribution in [0.15, 0.2) is 35.2 Å². The zero-order valence-electron chi connectivity index (χ0n) is 19.1. The lowest BCUT2D eigenvalue weighted by atomic mass is 9.96. The molecule has 1 saturated heterocycles. The molecule has 13 heteroatoms. The van der Waals surface area contributed by atoms with Gasteiger partial charge in [0.1, 0.15) is 11.9 Å². The smallest absolute Gasteiger partial charge is 0.340 e. The number of hydrogen-bond donors (Lipinski definition) is 1. The fourth-order valence-corrected chi connectivity index (χ4v) is 4.81. The average Bonchev–Trinajstić information content (AvgIpc) is 2.83. The van der Waals surface area contributed by atoms with E-state index >= 15 is 0 Å². The maximum atomic E-state index is 12.6. The van der Waals surface area contributed by atoms with Crippen LogP contribution in [0.25, 0.3) is 0 Å². The number of piperidine rings is 1. The van der Waals surface area contributed by atoms with Crippen molar-refractivity contribution in [3.63, 3.8) is 0 Å². The SMILES string of the molecule is CCOC(=O)c1cc(C#N)c(N2CCC(C(=O)NS(=O)(=O)c3cccc([N+](=O)[O-])c3)CC2)nc1C. The molecular weight excluding hydrogens is 478 g/mol. The fourth-order valence-electron chi connectivity index (χ4n) is 3.72. The minimum Gasteiger partial charge on any atom is -0.462 e. The number of aryl methyl sites for hydroxylation is 1. The normalized spacial score (nSPS) is 14.1. The van der Waals surface area contributed by atoms with Crippen LogP contribution in [0.4, 0.5) is 11.5 Å². The molecule has 0 saturated carbocycles. The number of hydrogen-bond acceptors (Lipinski definition) is 10. The van der Waals surface area contributed by atoms with Crippen LogP contribution in [0.3, 0.4) is 0 Å². The number of benzene rings is 1. The van der Waals surface area contributed by atoms with E-state index in [1.54, 1.807) is 18.7 Å². The Kier molecular flexibility index (Phi) is 7.65. The van der Waals surface area contributed by atoms with Crippen LogP contribution >= 0.6 is 0 Å². The molecule has 1 fully saturated rings. The predicted octanol–water partition coefficient (Wildman–Crippen LogP) is 2.07. The third-order valence-electron chi connectivity index (χ3n) is 5.55. The molecule has 1 amide bonds. The van der Waals surface area contributed by atoms with E-state index in [1.807, 2.05) is 10.8 Å². The van der Waals surface area contributed by atoms with Crippen molar-refractivity contribution in [2.75, 3.05) is 24.6 Å². The van der Waals surface area contributed by atoms with Gasteiger partial charge in [0.25, 0.3) is 15.7 Å². The maximum Gasteiger partial charge on any atom is 0.340 e. The van der Waals surface area contributed by atoms with Crippen molar-refractivity contribution in [1.29, 1.82) is 5.26 Å². The van der Waals surface area contributed by atoms with Gasteiger partial charge in [-0.1, -0.05) is 6.07 Å². The summed E-state index contributed by atoms with van der Waals surface area (Å²) in [6.45, 7) is 4.16. The highest BCUT2D eigenvalue weighted by Gasteiger charge is 2.30. The number of amides is 1. The first-order chi connectivity index (χ1) is 16.6. The third kappa shape index (κ3) is 5.72. The van der Waals surface area contributed by atoms with E-state index < -0.39 is 38.4 Å². The number of aromatic nitrogens is 1. The van der Waals surface area contributed by atoms with Crippen LogP contribution in [0.1, 0.15) is 41.4 Å². The molecule has 1 aromatic heterocycles. The van der Waals surface area contributed by atoms with Gasteiger partial charge >= 0.3 is 5.97 Å². The summed E-state index contributed by atoms with van der Waals surface area (Å²) < 4.78 is 32.1. The largest absolute Gasteiger partial charge is 0.462 e. The van der Waals surface area contributed by atoms with E-state index in [-0.39, 0.29) is 22.6 Å². The molecule has 1 aliphatic heterocycles. The van der Waals surface area contributed by atoms with E-state index in [4.69, 9.17) is 4.74 Å². The van der Waals surface area contributed by atoms with E-state index in [0.29, 0.717) is 37.4 Å². The van der Waals surface area contributed by atoms with Crippen molar-refractivity contribution in [3.8, 4) is 6.07 Å². The first-order valence-electron chi connectivity index (χ1n) is 10.7. The van der Waals surface area contributed by atoms with Gasteiger partial charge in [0, 0.05) is 31.1 Å². The number of carbonyl (C=O) groups is 2. The second-order valence-electron chi connectivity index (χ2n) is 7.81. The van der Waals surface area contributed by atoms with E-state index in [0.717, 1.165) is 12.1 Å².